The average Bonchev–Trinajstić information content (AvgIpc) is 3.31. The molecule has 0 spiro atoms. The second-order valence-corrected chi connectivity index (χ2v) is 6.94. The van der Waals surface area contributed by atoms with Crippen LogP contribution in [0.2, 0.25) is 0 Å². The third-order valence-electron chi connectivity index (χ3n) is 4.85. The molecule has 1 saturated heterocycles. The first-order valence-corrected chi connectivity index (χ1v) is 9.44. The Kier molecular flexibility index (Phi) is 6.52. The van der Waals surface area contributed by atoms with Crippen LogP contribution < -0.4 is 10.1 Å². The molecule has 0 saturated carbocycles. The van der Waals surface area contributed by atoms with Gasteiger partial charge in [-0.3, -0.25) is 9.67 Å². The van der Waals surface area contributed by atoms with Gasteiger partial charge in [0.15, 0.2) is 5.96 Å². The van der Waals surface area contributed by atoms with Gasteiger partial charge in [-0.05, 0) is 30.4 Å². The van der Waals surface area contributed by atoms with Crippen LogP contribution in [0.5, 0.6) is 5.75 Å². The molecule has 27 heavy (non-hydrogen) atoms. The van der Waals surface area contributed by atoms with Gasteiger partial charge < -0.3 is 15.0 Å². The lowest BCUT2D eigenvalue weighted by atomic mass is 10.0. The second-order valence-electron chi connectivity index (χ2n) is 6.94. The molecule has 1 fully saturated rings. The minimum atomic E-state index is 0.508. The van der Waals surface area contributed by atoms with E-state index >= 15 is 0 Å². The van der Waals surface area contributed by atoms with Gasteiger partial charge in [-0.1, -0.05) is 30.9 Å². The molecule has 3 rings (SSSR count). The smallest absolute Gasteiger partial charge is 0.193 e. The van der Waals surface area contributed by atoms with E-state index in [4.69, 9.17) is 4.74 Å². The molecule has 1 aromatic heterocycles. The standard InChI is InChI=1S/C21H29N5O/c1-4-11-27-20-8-6-5-7-19(20)14-23-21(22-2)26-10-9-17(16-26)12-18-13-24-25(3)15-18/h4-8,13,15,17H,1,9-12,14,16H2,2-3H3,(H,22,23). The van der Waals surface area contributed by atoms with Gasteiger partial charge in [0.25, 0.3) is 0 Å². The van der Waals surface area contributed by atoms with Gasteiger partial charge in [0.1, 0.15) is 12.4 Å². The molecular formula is C21H29N5O. The molecule has 0 bridgehead atoms. The van der Waals surface area contributed by atoms with Crippen molar-refractivity contribution in [2.75, 3.05) is 26.7 Å². The van der Waals surface area contributed by atoms with Crippen LogP contribution in [0.15, 0.2) is 54.3 Å². The maximum Gasteiger partial charge on any atom is 0.193 e. The van der Waals surface area contributed by atoms with E-state index in [0.717, 1.165) is 36.8 Å². The zero-order chi connectivity index (χ0) is 19.1. The van der Waals surface area contributed by atoms with E-state index < -0.39 is 0 Å². The molecule has 1 aromatic carbocycles. The van der Waals surface area contributed by atoms with Crippen molar-refractivity contribution in [3.8, 4) is 5.75 Å². The highest BCUT2D eigenvalue weighted by Gasteiger charge is 2.25. The van der Waals surface area contributed by atoms with E-state index in [9.17, 15) is 0 Å². The third kappa shape index (κ3) is 5.12. The Labute approximate surface area is 161 Å². The van der Waals surface area contributed by atoms with Crippen molar-refractivity contribution in [3.63, 3.8) is 0 Å². The zero-order valence-corrected chi connectivity index (χ0v) is 16.3. The number of aryl methyl sites for hydroxylation is 1. The van der Waals surface area contributed by atoms with Crippen molar-refractivity contribution < 1.29 is 4.74 Å². The summed E-state index contributed by atoms with van der Waals surface area (Å²) < 4.78 is 7.61. The molecule has 0 radical (unpaired) electrons. The summed E-state index contributed by atoms with van der Waals surface area (Å²) >= 11 is 0. The summed E-state index contributed by atoms with van der Waals surface area (Å²) in [4.78, 5) is 6.82. The monoisotopic (exact) mass is 367 g/mol. The predicted molar refractivity (Wildman–Crippen MR) is 109 cm³/mol. The van der Waals surface area contributed by atoms with Gasteiger partial charge in [0, 0.05) is 45.5 Å². The maximum atomic E-state index is 5.74. The minimum absolute atomic E-state index is 0.508. The number of hydrogen-bond acceptors (Lipinski definition) is 3. The molecule has 6 nitrogen and oxygen atoms in total. The largest absolute Gasteiger partial charge is 0.489 e. The summed E-state index contributed by atoms with van der Waals surface area (Å²) in [6.45, 7) is 6.95. The summed E-state index contributed by atoms with van der Waals surface area (Å²) in [7, 11) is 3.81. The molecule has 6 heteroatoms. The summed E-state index contributed by atoms with van der Waals surface area (Å²) in [5.74, 6) is 2.47. The Morgan fingerprint density at radius 1 is 1.44 bits per heavy atom. The van der Waals surface area contributed by atoms with Gasteiger partial charge in [0.05, 0.1) is 6.20 Å². The maximum absolute atomic E-state index is 5.74. The molecule has 2 aromatic rings. The highest BCUT2D eigenvalue weighted by Crippen LogP contribution is 2.21. The number of guanidine groups is 1. The van der Waals surface area contributed by atoms with E-state index in [-0.39, 0.29) is 0 Å². The average molecular weight is 367 g/mol. The third-order valence-corrected chi connectivity index (χ3v) is 4.85. The van der Waals surface area contributed by atoms with Crippen molar-refractivity contribution >= 4 is 5.96 Å². The van der Waals surface area contributed by atoms with Crippen molar-refractivity contribution in [2.45, 2.75) is 19.4 Å². The van der Waals surface area contributed by atoms with Crippen molar-refractivity contribution in [1.82, 2.24) is 20.0 Å². The van der Waals surface area contributed by atoms with Gasteiger partial charge in [-0.25, -0.2) is 0 Å². The molecule has 1 atom stereocenters. The van der Waals surface area contributed by atoms with Crippen LogP contribution in [-0.2, 0) is 20.0 Å². The summed E-state index contributed by atoms with van der Waals surface area (Å²) in [5, 5.41) is 7.76. The van der Waals surface area contributed by atoms with Crippen LogP contribution in [0.25, 0.3) is 0 Å². The first-order valence-electron chi connectivity index (χ1n) is 9.44. The highest BCUT2D eigenvalue weighted by molar-refractivity contribution is 5.80. The fourth-order valence-corrected chi connectivity index (χ4v) is 3.55. The van der Waals surface area contributed by atoms with E-state index in [1.54, 1.807) is 6.08 Å². The Balaban J connectivity index is 1.55. The molecule has 1 aliphatic heterocycles. The van der Waals surface area contributed by atoms with E-state index in [0.29, 0.717) is 19.1 Å². The topological polar surface area (TPSA) is 54.7 Å². The van der Waals surface area contributed by atoms with Gasteiger partial charge in [0.2, 0.25) is 0 Å². The van der Waals surface area contributed by atoms with E-state index in [1.807, 2.05) is 43.2 Å². The first-order chi connectivity index (χ1) is 13.2. The lowest BCUT2D eigenvalue weighted by Gasteiger charge is -2.22. The Hall–Kier alpha value is -2.76. The van der Waals surface area contributed by atoms with Gasteiger partial charge in [-0.2, -0.15) is 5.10 Å². The van der Waals surface area contributed by atoms with Gasteiger partial charge >= 0.3 is 0 Å². The fourth-order valence-electron chi connectivity index (χ4n) is 3.55. The van der Waals surface area contributed by atoms with Crippen LogP contribution in [0.4, 0.5) is 0 Å². The number of ether oxygens (including phenoxy) is 1. The van der Waals surface area contributed by atoms with Gasteiger partial charge in [-0.15, -0.1) is 0 Å². The number of benzene rings is 1. The summed E-state index contributed by atoms with van der Waals surface area (Å²) in [6, 6.07) is 8.08. The molecule has 2 heterocycles. The molecule has 0 aliphatic carbocycles. The Morgan fingerprint density at radius 3 is 3.04 bits per heavy atom. The summed E-state index contributed by atoms with van der Waals surface area (Å²) in [5.41, 5.74) is 2.42. The summed E-state index contributed by atoms with van der Waals surface area (Å²) in [6.07, 6.45) is 8.08. The minimum Gasteiger partial charge on any atom is -0.489 e. The van der Waals surface area contributed by atoms with Crippen molar-refractivity contribution in [1.29, 1.82) is 0 Å². The number of nitrogens with zero attached hydrogens (tertiary/aromatic N) is 4. The lowest BCUT2D eigenvalue weighted by molar-refractivity contribution is 0.358. The SMILES string of the molecule is C=CCOc1ccccc1CNC(=NC)N1CCC(Cc2cnn(C)c2)C1. The van der Waals surface area contributed by atoms with Crippen LogP contribution in [-0.4, -0.2) is 47.4 Å². The second kappa shape index (κ2) is 9.26. The number of rotatable bonds is 7. The number of hydrogen-bond donors (Lipinski definition) is 1. The van der Waals surface area contributed by atoms with Crippen LogP contribution >= 0.6 is 0 Å². The molecule has 1 N–H and O–H groups in total. The number of para-hydroxylation sites is 1. The molecule has 1 unspecified atom stereocenters. The van der Waals surface area contributed by atoms with E-state index in [2.05, 4.69) is 39.1 Å². The fraction of sp³-hybridized carbons (Fsp3) is 0.429. The quantitative estimate of drug-likeness (QED) is 0.464. The highest BCUT2D eigenvalue weighted by atomic mass is 16.5. The predicted octanol–water partition coefficient (Wildman–Crippen LogP) is 2.62. The van der Waals surface area contributed by atoms with E-state index in [1.165, 1.54) is 12.0 Å². The number of aliphatic imine (C=N–C) groups is 1. The lowest BCUT2D eigenvalue weighted by Crippen LogP contribution is -2.39. The normalized spacial score (nSPS) is 17.2. The number of nitrogens with one attached hydrogen (secondary N) is 1. The van der Waals surface area contributed by atoms with Crippen molar-refractivity contribution in [2.24, 2.45) is 18.0 Å². The van der Waals surface area contributed by atoms with Crippen LogP contribution in [0, 0.1) is 5.92 Å². The zero-order valence-electron chi connectivity index (χ0n) is 16.3. The Bertz CT molecular complexity index is 782. The van der Waals surface area contributed by atoms with Crippen LogP contribution in [0.1, 0.15) is 17.5 Å². The first kappa shape index (κ1) is 19.0. The van der Waals surface area contributed by atoms with Crippen LogP contribution in [0.3, 0.4) is 0 Å². The molecule has 0 amide bonds. The molecule has 144 valence electrons. The molecular weight excluding hydrogens is 338 g/mol. The number of likely N-dealkylation sites (tertiary alicyclic amines) is 1. The molecule has 1 aliphatic rings. The van der Waals surface area contributed by atoms with Crippen molar-refractivity contribution in [3.05, 3.63) is 60.4 Å². The number of aromatic nitrogens is 2. The Morgan fingerprint density at radius 2 is 2.30 bits per heavy atom.